The SMILES string of the molecule is CCC1OCCC1C(N)c1cc(Br)c(C)s1. The average molecular weight is 304 g/mol. The Bertz CT molecular complexity index is 346. The number of thiophene rings is 1. The number of ether oxygens (including phenoxy) is 1. The van der Waals surface area contributed by atoms with Gasteiger partial charge >= 0.3 is 0 Å². The second kappa shape index (κ2) is 5.17. The third-order valence-electron chi connectivity index (χ3n) is 3.33. The van der Waals surface area contributed by atoms with Crippen LogP contribution in [0.3, 0.4) is 0 Å². The number of nitrogens with two attached hydrogens (primary N) is 1. The average Bonchev–Trinajstić information content (AvgIpc) is 2.85. The molecule has 1 saturated heterocycles. The fourth-order valence-electron chi connectivity index (χ4n) is 2.35. The Morgan fingerprint density at radius 2 is 2.44 bits per heavy atom. The highest BCUT2D eigenvalue weighted by Crippen LogP contribution is 2.38. The summed E-state index contributed by atoms with van der Waals surface area (Å²) in [6, 6.07) is 2.29. The highest BCUT2D eigenvalue weighted by Gasteiger charge is 2.33. The van der Waals surface area contributed by atoms with Crippen LogP contribution in [0.5, 0.6) is 0 Å². The summed E-state index contributed by atoms with van der Waals surface area (Å²) in [7, 11) is 0. The summed E-state index contributed by atoms with van der Waals surface area (Å²) < 4.78 is 6.88. The molecule has 0 amide bonds. The maximum Gasteiger partial charge on any atom is 0.0619 e. The van der Waals surface area contributed by atoms with Crippen molar-refractivity contribution < 1.29 is 4.74 Å². The van der Waals surface area contributed by atoms with Crippen molar-refractivity contribution in [3.05, 3.63) is 20.3 Å². The van der Waals surface area contributed by atoms with Crippen LogP contribution in [0.25, 0.3) is 0 Å². The van der Waals surface area contributed by atoms with Gasteiger partial charge in [0.25, 0.3) is 0 Å². The minimum atomic E-state index is 0.127. The van der Waals surface area contributed by atoms with Crippen molar-refractivity contribution in [1.82, 2.24) is 0 Å². The van der Waals surface area contributed by atoms with E-state index in [1.54, 1.807) is 11.3 Å². The van der Waals surface area contributed by atoms with Crippen molar-refractivity contribution in [2.75, 3.05) is 6.61 Å². The second-order valence-corrected chi connectivity index (χ2v) is 6.49. The Labute approximate surface area is 109 Å². The molecule has 3 atom stereocenters. The van der Waals surface area contributed by atoms with Gasteiger partial charge in [-0.15, -0.1) is 11.3 Å². The molecular formula is C12H18BrNOS. The van der Waals surface area contributed by atoms with Gasteiger partial charge in [0.2, 0.25) is 0 Å². The van der Waals surface area contributed by atoms with Crippen LogP contribution in [-0.4, -0.2) is 12.7 Å². The smallest absolute Gasteiger partial charge is 0.0619 e. The molecule has 1 aromatic heterocycles. The molecular weight excluding hydrogens is 286 g/mol. The largest absolute Gasteiger partial charge is 0.378 e. The first-order valence-electron chi connectivity index (χ1n) is 5.76. The molecule has 2 nitrogen and oxygen atoms in total. The van der Waals surface area contributed by atoms with Crippen LogP contribution in [0.4, 0.5) is 0 Å². The lowest BCUT2D eigenvalue weighted by Crippen LogP contribution is -2.27. The van der Waals surface area contributed by atoms with E-state index in [1.807, 2.05) is 0 Å². The predicted octanol–water partition coefficient (Wildman–Crippen LogP) is 3.63. The van der Waals surface area contributed by atoms with Gasteiger partial charge < -0.3 is 10.5 Å². The number of hydrogen-bond donors (Lipinski definition) is 1. The van der Waals surface area contributed by atoms with Crippen LogP contribution < -0.4 is 5.73 Å². The van der Waals surface area contributed by atoms with E-state index in [4.69, 9.17) is 10.5 Å². The van der Waals surface area contributed by atoms with Crippen molar-refractivity contribution in [2.45, 2.75) is 38.8 Å². The summed E-state index contributed by atoms with van der Waals surface area (Å²) in [5, 5.41) is 0. The van der Waals surface area contributed by atoms with Crippen LogP contribution in [0, 0.1) is 12.8 Å². The minimum absolute atomic E-state index is 0.127. The summed E-state index contributed by atoms with van der Waals surface area (Å²) in [6.45, 7) is 5.15. The zero-order valence-corrected chi connectivity index (χ0v) is 12.1. The van der Waals surface area contributed by atoms with E-state index >= 15 is 0 Å². The maximum absolute atomic E-state index is 6.36. The van der Waals surface area contributed by atoms with Gasteiger partial charge in [0.15, 0.2) is 0 Å². The van der Waals surface area contributed by atoms with Crippen LogP contribution in [-0.2, 0) is 4.74 Å². The molecule has 0 saturated carbocycles. The van der Waals surface area contributed by atoms with Gasteiger partial charge in [-0.2, -0.15) is 0 Å². The number of rotatable bonds is 3. The Balaban J connectivity index is 2.14. The summed E-state index contributed by atoms with van der Waals surface area (Å²) >= 11 is 5.34. The van der Waals surface area contributed by atoms with Crippen LogP contribution in [0.1, 0.15) is 35.6 Å². The summed E-state index contributed by atoms with van der Waals surface area (Å²) in [6.07, 6.45) is 2.49. The zero-order valence-electron chi connectivity index (χ0n) is 9.70. The summed E-state index contributed by atoms with van der Waals surface area (Å²) in [5.74, 6) is 0.481. The molecule has 0 aromatic carbocycles. The molecule has 1 fully saturated rings. The normalized spacial score (nSPS) is 27.2. The van der Waals surface area contributed by atoms with E-state index < -0.39 is 0 Å². The van der Waals surface area contributed by atoms with Crippen molar-refractivity contribution in [3.8, 4) is 0 Å². The molecule has 4 heteroatoms. The minimum Gasteiger partial charge on any atom is -0.378 e. The summed E-state index contributed by atoms with van der Waals surface area (Å²) in [4.78, 5) is 2.58. The molecule has 90 valence electrons. The van der Waals surface area contributed by atoms with Gasteiger partial charge in [0.1, 0.15) is 0 Å². The number of hydrogen-bond acceptors (Lipinski definition) is 3. The first-order chi connectivity index (χ1) is 7.63. The first kappa shape index (κ1) is 12.6. The molecule has 1 aliphatic rings. The second-order valence-electron chi connectivity index (χ2n) is 4.35. The zero-order chi connectivity index (χ0) is 11.7. The number of aryl methyl sites for hydroxylation is 1. The van der Waals surface area contributed by atoms with Gasteiger partial charge in [0, 0.05) is 32.8 Å². The van der Waals surface area contributed by atoms with E-state index in [-0.39, 0.29) is 6.04 Å². The van der Waals surface area contributed by atoms with E-state index in [9.17, 15) is 0 Å². The molecule has 2 rings (SSSR count). The molecule has 1 aromatic rings. The van der Waals surface area contributed by atoms with E-state index in [0.717, 1.165) is 19.4 Å². The molecule has 0 bridgehead atoms. The Hall–Kier alpha value is 0.1000. The summed E-state index contributed by atoms with van der Waals surface area (Å²) in [5.41, 5.74) is 6.36. The van der Waals surface area contributed by atoms with Gasteiger partial charge in [-0.05, 0) is 41.8 Å². The Morgan fingerprint density at radius 1 is 1.69 bits per heavy atom. The predicted molar refractivity (Wildman–Crippen MR) is 71.8 cm³/mol. The Kier molecular flexibility index (Phi) is 4.06. The van der Waals surface area contributed by atoms with Crippen molar-refractivity contribution in [3.63, 3.8) is 0 Å². The monoisotopic (exact) mass is 303 g/mol. The van der Waals surface area contributed by atoms with Gasteiger partial charge in [-0.1, -0.05) is 6.92 Å². The lowest BCUT2D eigenvalue weighted by molar-refractivity contribution is 0.0816. The van der Waals surface area contributed by atoms with Gasteiger partial charge in [0.05, 0.1) is 6.10 Å². The molecule has 2 heterocycles. The quantitative estimate of drug-likeness (QED) is 0.925. The topological polar surface area (TPSA) is 35.2 Å². The highest BCUT2D eigenvalue weighted by molar-refractivity contribution is 9.10. The fraction of sp³-hybridized carbons (Fsp3) is 0.667. The van der Waals surface area contributed by atoms with Crippen molar-refractivity contribution >= 4 is 27.3 Å². The molecule has 16 heavy (non-hydrogen) atoms. The standard InChI is InChI=1S/C12H18BrNOS/c1-3-10-8(4-5-15-10)12(14)11-6-9(13)7(2)16-11/h6,8,10,12H,3-5,14H2,1-2H3. The van der Waals surface area contributed by atoms with Crippen LogP contribution in [0.2, 0.25) is 0 Å². The highest BCUT2D eigenvalue weighted by atomic mass is 79.9. The van der Waals surface area contributed by atoms with Crippen LogP contribution >= 0.6 is 27.3 Å². The molecule has 0 spiro atoms. The molecule has 0 radical (unpaired) electrons. The number of halogens is 1. The maximum atomic E-state index is 6.36. The van der Waals surface area contributed by atoms with E-state index in [2.05, 4.69) is 35.8 Å². The molecule has 2 N–H and O–H groups in total. The third-order valence-corrected chi connectivity index (χ3v) is 5.57. The molecule has 1 aliphatic heterocycles. The third kappa shape index (κ3) is 2.35. The molecule has 0 aliphatic carbocycles. The van der Waals surface area contributed by atoms with E-state index in [0.29, 0.717) is 12.0 Å². The van der Waals surface area contributed by atoms with E-state index in [1.165, 1.54) is 14.2 Å². The Morgan fingerprint density at radius 3 is 3.00 bits per heavy atom. The van der Waals surface area contributed by atoms with Crippen molar-refractivity contribution in [2.24, 2.45) is 11.7 Å². The van der Waals surface area contributed by atoms with Gasteiger partial charge in [-0.3, -0.25) is 0 Å². The van der Waals surface area contributed by atoms with Crippen LogP contribution in [0.15, 0.2) is 10.5 Å². The van der Waals surface area contributed by atoms with Gasteiger partial charge in [-0.25, -0.2) is 0 Å². The first-order valence-corrected chi connectivity index (χ1v) is 7.37. The lowest BCUT2D eigenvalue weighted by atomic mass is 9.91. The lowest BCUT2D eigenvalue weighted by Gasteiger charge is -2.22. The fourth-order valence-corrected chi connectivity index (χ4v) is 3.99. The molecule has 3 unspecified atom stereocenters. The van der Waals surface area contributed by atoms with Crippen molar-refractivity contribution in [1.29, 1.82) is 0 Å².